The van der Waals surface area contributed by atoms with Crippen LogP contribution in [0.5, 0.6) is 0 Å². The Balaban J connectivity index is 2.80. The van der Waals surface area contributed by atoms with E-state index in [0.29, 0.717) is 17.8 Å². The molecule has 4 N–H and O–H groups in total. The van der Waals surface area contributed by atoms with Gasteiger partial charge in [0.1, 0.15) is 0 Å². The lowest BCUT2D eigenvalue weighted by molar-refractivity contribution is -0.100. The van der Waals surface area contributed by atoms with Crippen LogP contribution in [-0.2, 0) is 15.9 Å². The molecule has 4 heteroatoms. The third kappa shape index (κ3) is 2.37. The highest BCUT2D eigenvalue weighted by Crippen LogP contribution is 2.21. The van der Waals surface area contributed by atoms with Gasteiger partial charge in [0, 0.05) is 20.6 Å². The molecule has 0 aliphatic carbocycles. The van der Waals surface area contributed by atoms with Crippen molar-refractivity contribution in [1.29, 1.82) is 0 Å². The van der Waals surface area contributed by atoms with Gasteiger partial charge in [-0.3, -0.25) is 0 Å². The Hall–Kier alpha value is -1.26. The largest absolute Gasteiger partial charge is 0.397 e. The zero-order valence-electron chi connectivity index (χ0n) is 8.49. The molecular formula is C10H16N2O2. The SMILES string of the molecule is COC(Cc1cccc(N)c1N)OC. The zero-order chi connectivity index (χ0) is 10.6. The molecule has 0 saturated carbocycles. The van der Waals surface area contributed by atoms with E-state index in [0.717, 1.165) is 5.56 Å². The van der Waals surface area contributed by atoms with Gasteiger partial charge >= 0.3 is 0 Å². The van der Waals surface area contributed by atoms with E-state index in [1.54, 1.807) is 20.3 Å². The minimum atomic E-state index is -0.279. The highest BCUT2D eigenvalue weighted by atomic mass is 16.7. The van der Waals surface area contributed by atoms with E-state index in [1.165, 1.54) is 0 Å². The van der Waals surface area contributed by atoms with E-state index in [9.17, 15) is 0 Å². The maximum absolute atomic E-state index is 5.80. The Morgan fingerprint density at radius 3 is 2.43 bits per heavy atom. The number of nitrogens with two attached hydrogens (primary N) is 2. The molecule has 0 fully saturated rings. The third-order valence-electron chi connectivity index (χ3n) is 2.14. The van der Waals surface area contributed by atoms with Crippen LogP contribution >= 0.6 is 0 Å². The molecular weight excluding hydrogens is 180 g/mol. The average Bonchev–Trinajstić information content (AvgIpc) is 2.20. The molecule has 1 aromatic carbocycles. The number of rotatable bonds is 4. The Kier molecular flexibility index (Phi) is 3.73. The van der Waals surface area contributed by atoms with Crippen molar-refractivity contribution in [2.75, 3.05) is 25.7 Å². The number of hydrogen-bond donors (Lipinski definition) is 2. The molecule has 0 unspecified atom stereocenters. The number of hydrogen-bond acceptors (Lipinski definition) is 4. The number of benzene rings is 1. The van der Waals surface area contributed by atoms with Gasteiger partial charge in [-0.1, -0.05) is 12.1 Å². The minimum Gasteiger partial charge on any atom is -0.397 e. The van der Waals surface area contributed by atoms with Crippen molar-refractivity contribution in [2.24, 2.45) is 0 Å². The van der Waals surface area contributed by atoms with Crippen LogP contribution in [-0.4, -0.2) is 20.5 Å². The molecule has 0 spiro atoms. The predicted octanol–water partition coefficient (Wildman–Crippen LogP) is 1.01. The van der Waals surface area contributed by atoms with Crippen molar-refractivity contribution in [3.8, 4) is 0 Å². The van der Waals surface area contributed by atoms with Crippen molar-refractivity contribution < 1.29 is 9.47 Å². The maximum atomic E-state index is 5.80. The molecule has 1 aromatic rings. The van der Waals surface area contributed by atoms with Crippen LogP contribution in [0, 0.1) is 0 Å². The summed E-state index contributed by atoms with van der Waals surface area (Å²) in [6.07, 6.45) is 0.322. The van der Waals surface area contributed by atoms with Gasteiger partial charge in [-0.25, -0.2) is 0 Å². The molecule has 0 amide bonds. The molecule has 0 radical (unpaired) electrons. The molecule has 0 aliphatic rings. The van der Waals surface area contributed by atoms with Gasteiger partial charge < -0.3 is 20.9 Å². The molecule has 0 saturated heterocycles. The second-order valence-electron chi connectivity index (χ2n) is 3.03. The van der Waals surface area contributed by atoms with Crippen LogP contribution in [0.2, 0.25) is 0 Å². The smallest absolute Gasteiger partial charge is 0.160 e. The lowest BCUT2D eigenvalue weighted by Crippen LogP contribution is -2.17. The van der Waals surface area contributed by atoms with Crippen LogP contribution in [0.25, 0.3) is 0 Å². The molecule has 78 valence electrons. The molecule has 0 aliphatic heterocycles. The zero-order valence-corrected chi connectivity index (χ0v) is 8.49. The minimum absolute atomic E-state index is 0.279. The van der Waals surface area contributed by atoms with E-state index in [-0.39, 0.29) is 6.29 Å². The first-order chi connectivity index (χ1) is 6.69. The second kappa shape index (κ2) is 4.83. The first kappa shape index (κ1) is 10.8. The Morgan fingerprint density at radius 2 is 1.86 bits per heavy atom. The van der Waals surface area contributed by atoms with E-state index in [4.69, 9.17) is 20.9 Å². The Labute approximate surface area is 83.8 Å². The van der Waals surface area contributed by atoms with Crippen LogP contribution in [0.3, 0.4) is 0 Å². The first-order valence-electron chi connectivity index (χ1n) is 4.37. The van der Waals surface area contributed by atoms with Crippen molar-refractivity contribution >= 4 is 11.4 Å². The fraction of sp³-hybridized carbons (Fsp3) is 0.400. The first-order valence-corrected chi connectivity index (χ1v) is 4.37. The molecule has 0 heterocycles. The van der Waals surface area contributed by atoms with Gasteiger partial charge in [0.05, 0.1) is 11.4 Å². The van der Waals surface area contributed by atoms with Crippen molar-refractivity contribution in [3.63, 3.8) is 0 Å². The summed E-state index contributed by atoms with van der Waals surface area (Å²) in [6.45, 7) is 0. The lowest BCUT2D eigenvalue weighted by atomic mass is 10.1. The van der Waals surface area contributed by atoms with Crippen LogP contribution in [0.1, 0.15) is 5.56 Å². The second-order valence-corrected chi connectivity index (χ2v) is 3.03. The molecule has 0 atom stereocenters. The topological polar surface area (TPSA) is 70.5 Å². The number of anilines is 2. The summed E-state index contributed by atoms with van der Waals surface area (Å²) in [7, 11) is 3.19. The Morgan fingerprint density at radius 1 is 1.21 bits per heavy atom. The summed E-state index contributed by atoms with van der Waals surface area (Å²) in [5.74, 6) is 0. The fourth-order valence-corrected chi connectivity index (χ4v) is 1.25. The highest BCUT2D eigenvalue weighted by molar-refractivity contribution is 5.67. The van der Waals surface area contributed by atoms with Crippen molar-refractivity contribution in [1.82, 2.24) is 0 Å². The molecule has 4 nitrogen and oxygen atoms in total. The number of para-hydroxylation sites is 1. The van der Waals surface area contributed by atoms with Crippen LogP contribution < -0.4 is 11.5 Å². The van der Waals surface area contributed by atoms with Crippen molar-refractivity contribution in [3.05, 3.63) is 23.8 Å². The number of ether oxygens (including phenoxy) is 2. The third-order valence-corrected chi connectivity index (χ3v) is 2.14. The van der Waals surface area contributed by atoms with Crippen LogP contribution in [0.15, 0.2) is 18.2 Å². The van der Waals surface area contributed by atoms with Gasteiger partial charge in [-0.2, -0.15) is 0 Å². The number of methoxy groups -OCH3 is 2. The van der Waals surface area contributed by atoms with Gasteiger partial charge in [0.15, 0.2) is 6.29 Å². The normalized spacial score (nSPS) is 10.8. The lowest BCUT2D eigenvalue weighted by Gasteiger charge is -2.15. The van der Waals surface area contributed by atoms with Crippen LogP contribution in [0.4, 0.5) is 11.4 Å². The highest BCUT2D eigenvalue weighted by Gasteiger charge is 2.09. The van der Waals surface area contributed by atoms with E-state index >= 15 is 0 Å². The number of nitrogen functional groups attached to an aromatic ring is 2. The molecule has 14 heavy (non-hydrogen) atoms. The quantitative estimate of drug-likeness (QED) is 0.557. The average molecular weight is 196 g/mol. The van der Waals surface area contributed by atoms with Gasteiger partial charge in [-0.15, -0.1) is 0 Å². The van der Waals surface area contributed by atoms with E-state index in [1.807, 2.05) is 12.1 Å². The standard InChI is InChI=1S/C10H16N2O2/c1-13-9(14-2)6-7-4-3-5-8(11)10(7)12/h3-5,9H,6,11-12H2,1-2H3. The van der Waals surface area contributed by atoms with E-state index < -0.39 is 0 Å². The summed E-state index contributed by atoms with van der Waals surface area (Å²) >= 11 is 0. The summed E-state index contributed by atoms with van der Waals surface area (Å²) in [5, 5.41) is 0. The molecule has 0 bridgehead atoms. The monoisotopic (exact) mass is 196 g/mol. The summed E-state index contributed by atoms with van der Waals surface area (Å²) in [4.78, 5) is 0. The predicted molar refractivity (Wildman–Crippen MR) is 56.8 cm³/mol. The van der Waals surface area contributed by atoms with Gasteiger partial charge in [0.2, 0.25) is 0 Å². The molecule has 0 aromatic heterocycles. The summed E-state index contributed by atoms with van der Waals surface area (Å²) in [5.41, 5.74) is 13.6. The van der Waals surface area contributed by atoms with Gasteiger partial charge in [-0.05, 0) is 11.6 Å². The molecule has 1 rings (SSSR count). The van der Waals surface area contributed by atoms with Crippen molar-refractivity contribution in [2.45, 2.75) is 12.7 Å². The maximum Gasteiger partial charge on any atom is 0.160 e. The summed E-state index contributed by atoms with van der Waals surface area (Å²) in [6, 6.07) is 5.55. The van der Waals surface area contributed by atoms with Gasteiger partial charge in [0.25, 0.3) is 0 Å². The Bertz CT molecular complexity index is 298. The summed E-state index contributed by atoms with van der Waals surface area (Å²) < 4.78 is 10.2. The fourth-order valence-electron chi connectivity index (χ4n) is 1.25. The van der Waals surface area contributed by atoms with E-state index in [2.05, 4.69) is 0 Å².